The number of carbonyl (C=O) groups is 1. The van der Waals surface area contributed by atoms with Crippen LogP contribution in [0.5, 0.6) is 0 Å². The summed E-state index contributed by atoms with van der Waals surface area (Å²) in [6, 6.07) is 9.67. The smallest absolute Gasteiger partial charge is 0.314 e. The largest absolute Gasteiger partial charge is 0.469 e. The fourth-order valence-corrected chi connectivity index (χ4v) is 2.71. The Morgan fingerprint density at radius 1 is 1.40 bits per heavy atom. The molecule has 1 atom stereocenters. The van der Waals surface area contributed by atoms with Crippen molar-refractivity contribution >= 4 is 17.3 Å². The summed E-state index contributed by atoms with van der Waals surface area (Å²) in [7, 11) is 1.42. The van der Waals surface area contributed by atoms with Crippen LogP contribution in [0.2, 0.25) is 0 Å². The quantitative estimate of drug-likeness (QED) is 0.831. The second-order valence-electron chi connectivity index (χ2n) is 4.50. The number of methoxy groups -OCH3 is 1. The highest BCUT2D eigenvalue weighted by Crippen LogP contribution is 2.16. The maximum atomic E-state index is 11.9. The SMILES string of the molecule is COC(=O)C(CNCc1nc(C)cs1)c1ccccc1. The predicted octanol–water partition coefficient (Wildman–Crippen LogP) is 2.50. The normalized spacial score (nSPS) is 12.1. The van der Waals surface area contributed by atoms with Crippen LogP contribution >= 0.6 is 11.3 Å². The van der Waals surface area contributed by atoms with E-state index in [0.29, 0.717) is 13.1 Å². The van der Waals surface area contributed by atoms with Crippen molar-refractivity contribution in [3.63, 3.8) is 0 Å². The Bertz CT molecular complexity index is 554. The molecule has 0 saturated carbocycles. The molecular formula is C15H18N2O2S. The van der Waals surface area contributed by atoms with E-state index in [1.165, 1.54) is 7.11 Å². The summed E-state index contributed by atoms with van der Waals surface area (Å²) in [6.07, 6.45) is 0. The Hall–Kier alpha value is -1.72. The lowest BCUT2D eigenvalue weighted by molar-refractivity contribution is -0.142. The molecule has 4 nitrogen and oxygen atoms in total. The summed E-state index contributed by atoms with van der Waals surface area (Å²) in [5.74, 6) is -0.513. The summed E-state index contributed by atoms with van der Waals surface area (Å²) >= 11 is 1.62. The summed E-state index contributed by atoms with van der Waals surface area (Å²) in [4.78, 5) is 16.3. The van der Waals surface area contributed by atoms with Crippen molar-refractivity contribution in [2.75, 3.05) is 13.7 Å². The third-order valence-electron chi connectivity index (χ3n) is 2.98. The highest BCUT2D eigenvalue weighted by atomic mass is 32.1. The van der Waals surface area contributed by atoms with Gasteiger partial charge in [0.15, 0.2) is 0 Å². The van der Waals surface area contributed by atoms with Crippen molar-refractivity contribution in [1.82, 2.24) is 10.3 Å². The monoisotopic (exact) mass is 290 g/mol. The number of hydrogen-bond donors (Lipinski definition) is 1. The van der Waals surface area contributed by atoms with Gasteiger partial charge in [0.1, 0.15) is 5.01 Å². The van der Waals surface area contributed by atoms with Gasteiger partial charge in [-0.15, -0.1) is 11.3 Å². The number of nitrogens with one attached hydrogen (secondary N) is 1. The zero-order chi connectivity index (χ0) is 14.4. The van der Waals surface area contributed by atoms with E-state index < -0.39 is 0 Å². The number of nitrogens with zero attached hydrogens (tertiary/aromatic N) is 1. The number of carbonyl (C=O) groups excluding carboxylic acids is 1. The number of ether oxygens (including phenoxy) is 1. The second kappa shape index (κ2) is 7.17. The van der Waals surface area contributed by atoms with Gasteiger partial charge < -0.3 is 10.1 Å². The molecule has 0 bridgehead atoms. The molecule has 1 aromatic heterocycles. The van der Waals surface area contributed by atoms with Crippen LogP contribution < -0.4 is 5.32 Å². The molecule has 2 rings (SSSR count). The molecule has 0 spiro atoms. The van der Waals surface area contributed by atoms with Crippen molar-refractivity contribution in [1.29, 1.82) is 0 Å². The molecule has 2 aromatic rings. The predicted molar refractivity (Wildman–Crippen MR) is 79.8 cm³/mol. The van der Waals surface area contributed by atoms with Crippen LogP contribution in [0.3, 0.4) is 0 Å². The molecule has 5 heteroatoms. The average molecular weight is 290 g/mol. The highest BCUT2D eigenvalue weighted by molar-refractivity contribution is 7.09. The molecule has 1 N–H and O–H groups in total. The molecule has 0 saturated heterocycles. The third kappa shape index (κ3) is 3.88. The van der Waals surface area contributed by atoms with E-state index in [4.69, 9.17) is 4.74 Å². The lowest BCUT2D eigenvalue weighted by atomic mass is 9.99. The van der Waals surface area contributed by atoms with Gasteiger partial charge in [-0.3, -0.25) is 4.79 Å². The number of aryl methyl sites for hydroxylation is 1. The van der Waals surface area contributed by atoms with Gasteiger partial charge in [0.2, 0.25) is 0 Å². The van der Waals surface area contributed by atoms with Crippen LogP contribution in [0.4, 0.5) is 0 Å². The van der Waals surface area contributed by atoms with Crippen LogP contribution in [-0.4, -0.2) is 24.6 Å². The average Bonchev–Trinajstić information content (AvgIpc) is 2.89. The Morgan fingerprint density at radius 3 is 2.75 bits per heavy atom. The van der Waals surface area contributed by atoms with E-state index in [0.717, 1.165) is 16.3 Å². The van der Waals surface area contributed by atoms with Crippen molar-refractivity contribution in [2.24, 2.45) is 0 Å². The van der Waals surface area contributed by atoms with Gasteiger partial charge in [-0.2, -0.15) is 0 Å². The Morgan fingerprint density at radius 2 is 2.15 bits per heavy atom. The Labute approximate surface area is 122 Å². The van der Waals surface area contributed by atoms with Crippen LogP contribution in [0.25, 0.3) is 0 Å². The van der Waals surface area contributed by atoms with Gasteiger partial charge in [-0.25, -0.2) is 4.98 Å². The van der Waals surface area contributed by atoms with Gasteiger partial charge in [0.05, 0.1) is 13.0 Å². The van der Waals surface area contributed by atoms with E-state index in [-0.39, 0.29) is 11.9 Å². The summed E-state index contributed by atoms with van der Waals surface area (Å²) in [6.45, 7) is 3.18. The van der Waals surface area contributed by atoms with Crippen molar-refractivity contribution < 1.29 is 9.53 Å². The minimum absolute atomic E-state index is 0.223. The molecule has 1 unspecified atom stereocenters. The fraction of sp³-hybridized carbons (Fsp3) is 0.333. The van der Waals surface area contributed by atoms with Gasteiger partial charge >= 0.3 is 5.97 Å². The first kappa shape index (κ1) is 14.7. The van der Waals surface area contributed by atoms with Gasteiger partial charge in [-0.1, -0.05) is 30.3 Å². The van der Waals surface area contributed by atoms with E-state index >= 15 is 0 Å². The van der Waals surface area contributed by atoms with Crippen LogP contribution in [-0.2, 0) is 16.1 Å². The molecule has 106 valence electrons. The lowest BCUT2D eigenvalue weighted by Crippen LogP contribution is -2.27. The van der Waals surface area contributed by atoms with Crippen LogP contribution in [0, 0.1) is 6.92 Å². The first-order valence-corrected chi connectivity index (χ1v) is 7.33. The van der Waals surface area contributed by atoms with E-state index in [1.807, 2.05) is 42.6 Å². The third-order valence-corrected chi connectivity index (χ3v) is 3.95. The van der Waals surface area contributed by atoms with Crippen LogP contribution in [0.1, 0.15) is 22.2 Å². The molecule has 0 amide bonds. The molecule has 0 aliphatic rings. The maximum absolute atomic E-state index is 11.9. The number of benzene rings is 1. The minimum Gasteiger partial charge on any atom is -0.469 e. The van der Waals surface area contributed by atoms with Crippen molar-refractivity contribution in [3.8, 4) is 0 Å². The number of hydrogen-bond acceptors (Lipinski definition) is 5. The summed E-state index contributed by atoms with van der Waals surface area (Å²) < 4.78 is 4.88. The van der Waals surface area contributed by atoms with E-state index in [9.17, 15) is 4.79 Å². The topological polar surface area (TPSA) is 51.2 Å². The zero-order valence-electron chi connectivity index (χ0n) is 11.6. The Kier molecular flexibility index (Phi) is 5.26. The summed E-state index contributed by atoms with van der Waals surface area (Å²) in [5, 5.41) is 6.32. The molecular weight excluding hydrogens is 272 g/mol. The molecule has 0 radical (unpaired) electrons. The van der Waals surface area contributed by atoms with E-state index in [1.54, 1.807) is 11.3 Å². The minimum atomic E-state index is -0.290. The maximum Gasteiger partial charge on any atom is 0.314 e. The molecule has 20 heavy (non-hydrogen) atoms. The standard InChI is InChI=1S/C15H18N2O2S/c1-11-10-20-14(17-11)9-16-8-13(15(18)19-2)12-6-4-3-5-7-12/h3-7,10,13,16H,8-9H2,1-2H3. The second-order valence-corrected chi connectivity index (χ2v) is 5.44. The first-order chi connectivity index (χ1) is 9.70. The first-order valence-electron chi connectivity index (χ1n) is 6.45. The zero-order valence-corrected chi connectivity index (χ0v) is 12.4. The van der Waals surface area contributed by atoms with Crippen molar-refractivity contribution in [3.05, 3.63) is 52.0 Å². The molecule has 0 aliphatic carbocycles. The highest BCUT2D eigenvalue weighted by Gasteiger charge is 2.20. The fourth-order valence-electron chi connectivity index (χ4n) is 1.97. The van der Waals surface area contributed by atoms with Crippen LogP contribution in [0.15, 0.2) is 35.7 Å². The molecule has 0 aliphatic heterocycles. The van der Waals surface area contributed by atoms with Gasteiger partial charge in [0, 0.05) is 24.2 Å². The number of thiazole rings is 1. The Balaban J connectivity index is 1.96. The van der Waals surface area contributed by atoms with Gasteiger partial charge in [-0.05, 0) is 12.5 Å². The number of esters is 1. The number of rotatable bonds is 6. The van der Waals surface area contributed by atoms with Crippen molar-refractivity contribution in [2.45, 2.75) is 19.4 Å². The molecule has 1 heterocycles. The van der Waals surface area contributed by atoms with E-state index in [2.05, 4.69) is 10.3 Å². The lowest BCUT2D eigenvalue weighted by Gasteiger charge is -2.15. The summed E-state index contributed by atoms with van der Waals surface area (Å²) in [5.41, 5.74) is 1.99. The molecule has 1 aromatic carbocycles. The number of aromatic nitrogens is 1. The van der Waals surface area contributed by atoms with Gasteiger partial charge in [0.25, 0.3) is 0 Å². The molecule has 0 fully saturated rings.